The van der Waals surface area contributed by atoms with Crippen LogP contribution < -0.4 is 0 Å². The Kier molecular flexibility index (Phi) is 5.81. The molecule has 0 radical (unpaired) electrons. The highest BCUT2D eigenvalue weighted by Crippen LogP contribution is 2.46. The Morgan fingerprint density at radius 2 is 1.89 bits per heavy atom. The summed E-state index contributed by atoms with van der Waals surface area (Å²) in [7, 11) is -2.21. The first kappa shape index (κ1) is 21.5. The molecule has 0 unspecified atom stereocenters. The van der Waals surface area contributed by atoms with Crippen molar-refractivity contribution in [1.82, 2.24) is 0 Å². The van der Waals surface area contributed by atoms with E-state index in [-0.39, 0.29) is 5.04 Å². The van der Waals surface area contributed by atoms with Gasteiger partial charge in [-0.2, -0.15) is 5.26 Å². The van der Waals surface area contributed by atoms with Crippen molar-refractivity contribution in [3.8, 4) is 6.07 Å². The minimum Gasteiger partial charge on any atom is -0.457 e. The molecule has 1 saturated carbocycles. The number of rotatable bonds is 3. The molecule has 0 aromatic heterocycles. The molecule has 1 heterocycles. The summed E-state index contributed by atoms with van der Waals surface area (Å²) in [6.45, 7) is 12.1. The van der Waals surface area contributed by atoms with Crippen molar-refractivity contribution in [1.29, 1.82) is 5.26 Å². The van der Waals surface area contributed by atoms with Crippen LogP contribution in [0.15, 0.2) is 11.6 Å². The number of carbonyl (C=O) groups is 1. The molecular weight excluding hydrogens is 374 g/mol. The molecule has 0 aromatic carbocycles. The zero-order valence-corrected chi connectivity index (χ0v) is 18.9. The monoisotopic (exact) mass is 407 g/mol. The number of esters is 1. The zero-order valence-electron chi connectivity index (χ0n) is 17.9. The van der Waals surface area contributed by atoms with Crippen molar-refractivity contribution in [3.05, 3.63) is 11.6 Å². The van der Waals surface area contributed by atoms with Gasteiger partial charge in [0, 0.05) is 19.8 Å². The van der Waals surface area contributed by atoms with Crippen LogP contribution in [0.2, 0.25) is 18.1 Å². The molecule has 0 amide bonds. The van der Waals surface area contributed by atoms with Gasteiger partial charge in [0.05, 0.1) is 11.6 Å². The minimum atomic E-state index is -2.21. The average molecular weight is 408 g/mol. The maximum absolute atomic E-state index is 11.9. The quantitative estimate of drug-likeness (QED) is 0.515. The molecule has 0 aromatic rings. The van der Waals surface area contributed by atoms with E-state index in [1.807, 2.05) is 6.08 Å². The van der Waals surface area contributed by atoms with E-state index in [1.54, 1.807) is 0 Å². The summed E-state index contributed by atoms with van der Waals surface area (Å²) >= 11 is 0. The first-order valence-corrected chi connectivity index (χ1v) is 13.2. The lowest BCUT2D eigenvalue weighted by Crippen LogP contribution is -2.55. The fraction of sp³-hybridized carbons (Fsp3) is 0.810. The molecule has 7 heteroatoms. The largest absolute Gasteiger partial charge is 0.457 e. The lowest BCUT2D eigenvalue weighted by atomic mass is 9.90. The molecule has 3 rings (SSSR count). The summed E-state index contributed by atoms with van der Waals surface area (Å²) in [6.07, 6.45) is 4.61. The van der Waals surface area contributed by atoms with Crippen LogP contribution in [0.4, 0.5) is 0 Å². The molecule has 156 valence electrons. The van der Waals surface area contributed by atoms with Crippen LogP contribution >= 0.6 is 0 Å². The van der Waals surface area contributed by atoms with Crippen LogP contribution in [0, 0.1) is 11.3 Å². The van der Waals surface area contributed by atoms with Crippen molar-refractivity contribution < 1.29 is 23.4 Å². The van der Waals surface area contributed by atoms with Crippen molar-refractivity contribution in [2.75, 3.05) is 0 Å². The number of fused-ring (bicyclic) bond motifs is 1. The second-order valence-electron chi connectivity index (χ2n) is 9.74. The first-order chi connectivity index (χ1) is 13.0. The molecule has 4 atom stereocenters. The van der Waals surface area contributed by atoms with Gasteiger partial charge < -0.3 is 18.6 Å². The predicted octanol–water partition coefficient (Wildman–Crippen LogP) is 4.22. The fourth-order valence-electron chi connectivity index (χ4n) is 4.03. The Labute approximate surface area is 169 Å². The van der Waals surface area contributed by atoms with E-state index >= 15 is 0 Å². The summed E-state index contributed by atoms with van der Waals surface area (Å²) in [4.78, 5) is 11.9. The Hall–Kier alpha value is -1.20. The van der Waals surface area contributed by atoms with Gasteiger partial charge in [-0.3, -0.25) is 4.79 Å². The lowest BCUT2D eigenvalue weighted by Gasteiger charge is -2.43. The third-order valence-corrected chi connectivity index (χ3v) is 11.0. The van der Waals surface area contributed by atoms with Gasteiger partial charge in [-0.05, 0) is 37.0 Å². The van der Waals surface area contributed by atoms with Gasteiger partial charge in [-0.25, -0.2) is 0 Å². The molecule has 1 aliphatic heterocycles. The van der Waals surface area contributed by atoms with E-state index in [1.165, 1.54) is 13.3 Å². The number of carbonyl (C=O) groups excluding carboxylic acids is 1. The topological polar surface area (TPSA) is 77.8 Å². The normalized spacial score (nSPS) is 32.4. The average Bonchev–Trinajstić information content (AvgIpc) is 2.93. The maximum Gasteiger partial charge on any atom is 0.303 e. The second kappa shape index (κ2) is 7.56. The smallest absolute Gasteiger partial charge is 0.303 e. The van der Waals surface area contributed by atoms with Crippen LogP contribution in [-0.2, 0) is 23.4 Å². The molecular formula is C21H33NO5Si. The van der Waals surface area contributed by atoms with Gasteiger partial charge in [0.2, 0.25) is 0 Å². The number of nitrogens with zero attached hydrogens (tertiary/aromatic N) is 1. The standard InChI is InChI=1S/C21H33NO5Si/c1-14(23)24-19-17(27-28(5,6)20(2,3)4)15(13-22)12-16-18(19)26-21(25-16)10-8-7-9-11-21/h12,16-19H,7-11H2,1-6H3/t16-,17-,18-,19-/m1/s1. The van der Waals surface area contributed by atoms with E-state index in [0.29, 0.717) is 5.57 Å². The highest BCUT2D eigenvalue weighted by atomic mass is 28.4. The molecule has 0 bridgehead atoms. The zero-order chi connectivity index (χ0) is 20.7. The Morgan fingerprint density at radius 1 is 1.25 bits per heavy atom. The van der Waals surface area contributed by atoms with Crippen LogP contribution in [0.3, 0.4) is 0 Å². The molecule has 0 N–H and O–H groups in total. The summed E-state index contributed by atoms with van der Waals surface area (Å²) in [5.74, 6) is -1.03. The SMILES string of the molecule is CC(=O)O[C@H]1[C@@H]2OC3(CCCCC3)O[C@@H]2C=C(C#N)[C@H]1O[Si](C)(C)C(C)(C)C. The van der Waals surface area contributed by atoms with Gasteiger partial charge in [0.15, 0.2) is 20.2 Å². The summed E-state index contributed by atoms with van der Waals surface area (Å²) in [5, 5.41) is 9.78. The van der Waals surface area contributed by atoms with E-state index < -0.39 is 44.5 Å². The molecule has 3 aliphatic rings. The molecule has 2 fully saturated rings. The van der Waals surface area contributed by atoms with Crippen LogP contribution in [-0.4, -0.2) is 44.5 Å². The van der Waals surface area contributed by atoms with Gasteiger partial charge in [-0.1, -0.05) is 27.2 Å². The highest BCUT2D eigenvalue weighted by Gasteiger charge is 2.57. The molecule has 28 heavy (non-hydrogen) atoms. The molecule has 1 saturated heterocycles. The highest BCUT2D eigenvalue weighted by molar-refractivity contribution is 6.74. The van der Waals surface area contributed by atoms with Gasteiger partial charge in [0.1, 0.15) is 18.3 Å². The predicted molar refractivity (Wildman–Crippen MR) is 107 cm³/mol. The minimum absolute atomic E-state index is 0.0389. The summed E-state index contributed by atoms with van der Waals surface area (Å²) in [5.41, 5.74) is 0.466. The number of hydrogen-bond acceptors (Lipinski definition) is 6. The van der Waals surface area contributed by atoms with Crippen LogP contribution in [0.5, 0.6) is 0 Å². The van der Waals surface area contributed by atoms with Crippen molar-refractivity contribution in [2.45, 2.75) is 108 Å². The van der Waals surface area contributed by atoms with Crippen molar-refractivity contribution in [3.63, 3.8) is 0 Å². The van der Waals surface area contributed by atoms with E-state index in [4.69, 9.17) is 18.6 Å². The Bertz CT molecular complexity index is 684. The van der Waals surface area contributed by atoms with Crippen LogP contribution in [0.25, 0.3) is 0 Å². The Morgan fingerprint density at radius 3 is 2.43 bits per heavy atom. The summed E-state index contributed by atoms with van der Waals surface area (Å²) < 4.78 is 25.0. The molecule has 2 aliphatic carbocycles. The molecule has 1 spiro atoms. The molecule has 6 nitrogen and oxygen atoms in total. The third-order valence-electron chi connectivity index (χ3n) is 6.57. The van der Waals surface area contributed by atoms with Gasteiger partial charge >= 0.3 is 5.97 Å². The van der Waals surface area contributed by atoms with E-state index in [0.717, 1.165) is 25.7 Å². The summed E-state index contributed by atoms with van der Waals surface area (Å²) in [6, 6.07) is 2.27. The van der Waals surface area contributed by atoms with E-state index in [9.17, 15) is 10.1 Å². The maximum atomic E-state index is 11.9. The number of nitriles is 1. The fourth-order valence-corrected chi connectivity index (χ4v) is 5.28. The van der Waals surface area contributed by atoms with Crippen LogP contribution in [0.1, 0.15) is 59.8 Å². The van der Waals surface area contributed by atoms with Crippen molar-refractivity contribution in [2.24, 2.45) is 0 Å². The third kappa shape index (κ3) is 4.06. The second-order valence-corrected chi connectivity index (χ2v) is 14.5. The lowest BCUT2D eigenvalue weighted by molar-refractivity contribution is -0.205. The number of ether oxygens (including phenoxy) is 3. The van der Waals surface area contributed by atoms with Gasteiger partial charge in [-0.15, -0.1) is 0 Å². The van der Waals surface area contributed by atoms with Crippen molar-refractivity contribution >= 4 is 14.3 Å². The van der Waals surface area contributed by atoms with Gasteiger partial charge in [0.25, 0.3) is 0 Å². The van der Waals surface area contributed by atoms with E-state index in [2.05, 4.69) is 39.9 Å². The number of hydrogen-bond donors (Lipinski definition) is 0. The Balaban J connectivity index is 1.94. The first-order valence-electron chi connectivity index (χ1n) is 10.3.